The average molecular weight is 718 g/mol. The lowest BCUT2D eigenvalue weighted by molar-refractivity contribution is -0.140. The van der Waals surface area contributed by atoms with E-state index in [1.54, 1.807) is 36.4 Å². The number of hydrogen-bond donors (Lipinski definition) is 1. The first-order chi connectivity index (χ1) is 24.0. The molecule has 50 heavy (non-hydrogen) atoms. The highest BCUT2D eigenvalue weighted by atomic mass is 35.5. The molecule has 1 aliphatic carbocycles. The van der Waals surface area contributed by atoms with Crippen LogP contribution in [0.15, 0.2) is 95.9 Å². The number of methoxy groups -OCH3 is 2. The van der Waals surface area contributed by atoms with Crippen molar-refractivity contribution in [3.63, 3.8) is 0 Å². The second kappa shape index (κ2) is 16.4. The third kappa shape index (κ3) is 8.97. The molecule has 0 saturated heterocycles. The highest BCUT2D eigenvalue weighted by Crippen LogP contribution is 2.33. The normalized spacial score (nSPS) is 13.8. The van der Waals surface area contributed by atoms with Crippen LogP contribution in [-0.4, -0.2) is 58.0 Å². The Hall–Kier alpha value is -4.54. The van der Waals surface area contributed by atoms with Crippen molar-refractivity contribution in [3.05, 3.63) is 118 Å². The minimum absolute atomic E-state index is 0.0189. The summed E-state index contributed by atoms with van der Waals surface area (Å²) >= 11 is 6.20. The van der Waals surface area contributed by atoms with Crippen LogP contribution in [0.4, 0.5) is 5.69 Å². The lowest BCUT2D eigenvalue weighted by Crippen LogP contribution is -2.54. The second-order valence-corrected chi connectivity index (χ2v) is 15.0. The molecule has 9 nitrogen and oxygen atoms in total. The van der Waals surface area contributed by atoms with Gasteiger partial charge in [0.1, 0.15) is 12.6 Å². The Labute approximate surface area is 300 Å². The Morgan fingerprint density at radius 1 is 0.840 bits per heavy atom. The molecular weight excluding hydrogens is 674 g/mol. The summed E-state index contributed by atoms with van der Waals surface area (Å²) in [6.07, 6.45) is 4.05. The molecule has 4 aromatic carbocycles. The fourth-order valence-electron chi connectivity index (χ4n) is 6.44. The molecule has 1 fully saturated rings. The van der Waals surface area contributed by atoms with Crippen molar-refractivity contribution >= 4 is 39.1 Å². The van der Waals surface area contributed by atoms with Gasteiger partial charge in [-0.1, -0.05) is 73.0 Å². The number of carbonyl (C=O) groups is 2. The number of rotatable bonds is 14. The number of benzene rings is 4. The standard InChI is InChI=1S/C39H44ClN3O6S/c1-27-20-28(2)22-33(21-27)43(50(46,47)34-18-19-36(48-3)37(24-34)49-4)26-38(44)42(25-30-14-16-31(40)17-15-30)35(23-29-10-6-5-7-11-29)39(45)41-32-12-8-9-13-32/h5-7,10-11,14-22,24,32,35H,8-9,12-13,23,25-26H2,1-4H3,(H,41,45)/t35-/m0/s1. The molecule has 11 heteroatoms. The third-order valence-electron chi connectivity index (χ3n) is 8.96. The summed E-state index contributed by atoms with van der Waals surface area (Å²) in [4.78, 5) is 30.4. The van der Waals surface area contributed by atoms with Gasteiger partial charge in [-0.15, -0.1) is 0 Å². The van der Waals surface area contributed by atoms with E-state index in [9.17, 15) is 18.0 Å². The van der Waals surface area contributed by atoms with Gasteiger partial charge in [-0.25, -0.2) is 8.42 Å². The van der Waals surface area contributed by atoms with E-state index in [0.717, 1.165) is 52.2 Å². The van der Waals surface area contributed by atoms with Crippen LogP contribution in [0.25, 0.3) is 0 Å². The lowest BCUT2D eigenvalue weighted by atomic mass is 10.0. The summed E-state index contributed by atoms with van der Waals surface area (Å²) in [7, 11) is -1.45. The van der Waals surface area contributed by atoms with E-state index in [-0.39, 0.29) is 35.6 Å². The number of nitrogens with zero attached hydrogens (tertiary/aromatic N) is 2. The highest BCUT2D eigenvalue weighted by molar-refractivity contribution is 7.92. The first kappa shape index (κ1) is 36.7. The molecule has 2 amide bonds. The molecule has 4 aromatic rings. The summed E-state index contributed by atoms with van der Waals surface area (Å²) in [5.41, 5.74) is 3.60. The number of halogens is 1. The largest absolute Gasteiger partial charge is 0.493 e. The Morgan fingerprint density at radius 2 is 1.48 bits per heavy atom. The number of anilines is 1. The quantitative estimate of drug-likeness (QED) is 0.153. The highest BCUT2D eigenvalue weighted by Gasteiger charge is 2.36. The zero-order chi connectivity index (χ0) is 35.8. The number of sulfonamides is 1. The Morgan fingerprint density at radius 3 is 2.10 bits per heavy atom. The van der Waals surface area contributed by atoms with Crippen LogP contribution >= 0.6 is 11.6 Å². The summed E-state index contributed by atoms with van der Waals surface area (Å²) in [6.45, 7) is 3.24. The number of aryl methyl sites for hydroxylation is 2. The number of carbonyl (C=O) groups excluding carboxylic acids is 2. The van der Waals surface area contributed by atoms with Gasteiger partial charge in [-0.05, 0) is 85.3 Å². The molecule has 0 radical (unpaired) electrons. The summed E-state index contributed by atoms with van der Waals surface area (Å²) in [5.74, 6) is -0.211. The van der Waals surface area contributed by atoms with Gasteiger partial charge in [-0.3, -0.25) is 13.9 Å². The fourth-order valence-corrected chi connectivity index (χ4v) is 7.98. The summed E-state index contributed by atoms with van der Waals surface area (Å²) in [6, 6.07) is 25.4. The van der Waals surface area contributed by atoms with Crippen LogP contribution in [-0.2, 0) is 32.6 Å². The molecule has 0 spiro atoms. The van der Waals surface area contributed by atoms with E-state index in [4.69, 9.17) is 21.1 Å². The molecule has 0 heterocycles. The van der Waals surface area contributed by atoms with Gasteiger partial charge < -0.3 is 19.7 Å². The minimum Gasteiger partial charge on any atom is -0.493 e. The topological polar surface area (TPSA) is 105 Å². The Balaban J connectivity index is 1.60. The average Bonchev–Trinajstić information content (AvgIpc) is 3.62. The zero-order valence-corrected chi connectivity index (χ0v) is 30.5. The van der Waals surface area contributed by atoms with E-state index >= 15 is 0 Å². The number of ether oxygens (including phenoxy) is 2. The molecule has 0 aromatic heterocycles. The van der Waals surface area contributed by atoms with E-state index in [2.05, 4.69) is 5.32 Å². The third-order valence-corrected chi connectivity index (χ3v) is 11.0. The number of hydrogen-bond acceptors (Lipinski definition) is 6. The van der Waals surface area contributed by atoms with E-state index in [1.807, 2.05) is 50.2 Å². The van der Waals surface area contributed by atoms with Crippen LogP contribution in [0.3, 0.4) is 0 Å². The molecule has 5 rings (SSSR count). The number of amides is 2. The molecule has 0 aliphatic heterocycles. The van der Waals surface area contributed by atoms with Crippen molar-refractivity contribution in [2.24, 2.45) is 0 Å². The molecule has 1 atom stereocenters. The van der Waals surface area contributed by atoms with Gasteiger partial charge in [0.25, 0.3) is 10.0 Å². The van der Waals surface area contributed by atoms with Crippen LogP contribution in [0, 0.1) is 13.8 Å². The Bertz CT molecular complexity index is 1880. The van der Waals surface area contributed by atoms with Gasteiger partial charge in [0.05, 0.1) is 24.8 Å². The molecular formula is C39H44ClN3O6S. The van der Waals surface area contributed by atoms with Crippen molar-refractivity contribution in [2.75, 3.05) is 25.1 Å². The van der Waals surface area contributed by atoms with Gasteiger partial charge in [0.15, 0.2) is 11.5 Å². The van der Waals surface area contributed by atoms with Gasteiger partial charge >= 0.3 is 0 Å². The predicted octanol–water partition coefficient (Wildman–Crippen LogP) is 6.87. The van der Waals surface area contributed by atoms with Crippen molar-refractivity contribution in [3.8, 4) is 11.5 Å². The predicted molar refractivity (Wildman–Crippen MR) is 196 cm³/mol. The van der Waals surface area contributed by atoms with Crippen LogP contribution < -0.4 is 19.1 Å². The first-order valence-corrected chi connectivity index (χ1v) is 18.5. The zero-order valence-electron chi connectivity index (χ0n) is 28.9. The van der Waals surface area contributed by atoms with Crippen molar-refractivity contribution in [1.29, 1.82) is 0 Å². The smallest absolute Gasteiger partial charge is 0.264 e. The fraction of sp³-hybridized carbons (Fsp3) is 0.333. The molecule has 1 saturated carbocycles. The lowest BCUT2D eigenvalue weighted by Gasteiger charge is -2.34. The Kier molecular flexibility index (Phi) is 12.1. The first-order valence-electron chi connectivity index (χ1n) is 16.7. The summed E-state index contributed by atoms with van der Waals surface area (Å²) < 4.78 is 41.0. The van der Waals surface area contributed by atoms with Crippen LogP contribution in [0.5, 0.6) is 11.5 Å². The van der Waals surface area contributed by atoms with Crippen LogP contribution in [0.2, 0.25) is 5.02 Å². The van der Waals surface area contributed by atoms with Gasteiger partial charge in [0, 0.05) is 30.1 Å². The maximum absolute atomic E-state index is 14.8. The van der Waals surface area contributed by atoms with E-state index < -0.39 is 28.5 Å². The van der Waals surface area contributed by atoms with Crippen LogP contribution in [0.1, 0.15) is 47.9 Å². The van der Waals surface area contributed by atoms with Crippen molar-refractivity contribution in [1.82, 2.24) is 10.2 Å². The molecule has 0 bridgehead atoms. The van der Waals surface area contributed by atoms with E-state index in [0.29, 0.717) is 16.5 Å². The van der Waals surface area contributed by atoms with Gasteiger partial charge in [-0.2, -0.15) is 0 Å². The van der Waals surface area contributed by atoms with Crippen molar-refractivity contribution < 1.29 is 27.5 Å². The minimum atomic E-state index is -4.34. The maximum Gasteiger partial charge on any atom is 0.264 e. The van der Waals surface area contributed by atoms with Gasteiger partial charge in [0.2, 0.25) is 11.8 Å². The SMILES string of the molecule is COc1ccc(S(=O)(=O)N(CC(=O)N(Cc2ccc(Cl)cc2)[C@@H](Cc2ccccc2)C(=O)NC2CCCC2)c2cc(C)cc(C)c2)cc1OC. The van der Waals surface area contributed by atoms with E-state index in [1.165, 1.54) is 37.3 Å². The molecule has 1 aliphatic rings. The second-order valence-electron chi connectivity index (χ2n) is 12.7. The molecule has 1 N–H and O–H groups in total. The monoisotopic (exact) mass is 717 g/mol. The maximum atomic E-state index is 14.8. The van der Waals surface area contributed by atoms with Crippen molar-refractivity contribution in [2.45, 2.75) is 69.5 Å². The number of nitrogens with one attached hydrogen (secondary N) is 1. The molecule has 264 valence electrons. The summed E-state index contributed by atoms with van der Waals surface area (Å²) in [5, 5.41) is 3.73. The molecule has 0 unspecified atom stereocenters.